The Morgan fingerprint density at radius 3 is 2.32 bits per heavy atom. The lowest BCUT2D eigenvalue weighted by Crippen LogP contribution is -2.41. The number of hydrogen-bond acceptors (Lipinski definition) is 4. The van der Waals surface area contributed by atoms with E-state index in [0.29, 0.717) is 6.42 Å². The Labute approximate surface area is 129 Å². The lowest BCUT2D eigenvalue weighted by atomic mass is 10.1. The van der Waals surface area contributed by atoms with Gasteiger partial charge in [0.25, 0.3) is 5.91 Å². The number of hydrogen-bond donors (Lipinski definition) is 2. The molecule has 22 heavy (non-hydrogen) atoms. The minimum Gasteiger partial charge on any atom is -0.480 e. The molecular formula is C14H23N3O5. The molecule has 0 bridgehead atoms. The number of amides is 4. The molecule has 1 fully saturated rings. The molecule has 1 heterocycles. The van der Waals surface area contributed by atoms with Crippen molar-refractivity contribution in [2.75, 3.05) is 13.1 Å². The standard InChI is InChI=1S/C14H23N3O5/c1-9(2)17(8-11(19)20)10(18)6-5-7-16-12(21)14(3,4)15-13(16)22/h9H,5-8H2,1-4H3,(H,15,22)(H,19,20). The summed E-state index contributed by atoms with van der Waals surface area (Å²) >= 11 is 0. The quantitative estimate of drug-likeness (QED) is 0.662. The van der Waals surface area contributed by atoms with E-state index in [1.54, 1.807) is 27.7 Å². The van der Waals surface area contributed by atoms with Gasteiger partial charge in [-0.3, -0.25) is 19.3 Å². The van der Waals surface area contributed by atoms with Gasteiger partial charge in [0.1, 0.15) is 12.1 Å². The van der Waals surface area contributed by atoms with Crippen LogP contribution in [-0.4, -0.2) is 63.4 Å². The van der Waals surface area contributed by atoms with Crippen molar-refractivity contribution in [1.29, 1.82) is 0 Å². The molecule has 0 aromatic carbocycles. The lowest BCUT2D eigenvalue weighted by Gasteiger charge is -2.25. The minimum atomic E-state index is -1.07. The number of nitrogens with one attached hydrogen (secondary N) is 1. The van der Waals surface area contributed by atoms with Crippen molar-refractivity contribution in [3.8, 4) is 0 Å². The molecule has 8 heteroatoms. The second kappa shape index (κ2) is 6.76. The Morgan fingerprint density at radius 2 is 1.91 bits per heavy atom. The number of carboxylic acids is 1. The highest BCUT2D eigenvalue weighted by Gasteiger charge is 2.43. The highest BCUT2D eigenvalue weighted by Crippen LogP contribution is 2.17. The van der Waals surface area contributed by atoms with Crippen molar-refractivity contribution in [3.63, 3.8) is 0 Å². The smallest absolute Gasteiger partial charge is 0.325 e. The van der Waals surface area contributed by atoms with Crippen molar-refractivity contribution in [2.24, 2.45) is 0 Å². The second-order valence-corrected chi connectivity index (χ2v) is 6.12. The third-order valence-electron chi connectivity index (χ3n) is 3.47. The molecule has 8 nitrogen and oxygen atoms in total. The SMILES string of the molecule is CC(C)N(CC(=O)O)C(=O)CCCN1C(=O)NC(C)(C)C1=O. The summed E-state index contributed by atoms with van der Waals surface area (Å²) in [5.74, 6) is -1.70. The van der Waals surface area contributed by atoms with E-state index in [9.17, 15) is 19.2 Å². The molecule has 0 atom stereocenters. The topological polar surface area (TPSA) is 107 Å². The van der Waals surface area contributed by atoms with Crippen LogP contribution in [0.25, 0.3) is 0 Å². The van der Waals surface area contributed by atoms with Gasteiger partial charge in [-0.1, -0.05) is 0 Å². The Morgan fingerprint density at radius 1 is 1.32 bits per heavy atom. The van der Waals surface area contributed by atoms with Gasteiger partial charge in [-0.25, -0.2) is 4.79 Å². The van der Waals surface area contributed by atoms with Gasteiger partial charge in [-0.2, -0.15) is 0 Å². The lowest BCUT2D eigenvalue weighted by molar-refractivity contribution is -0.145. The van der Waals surface area contributed by atoms with E-state index in [4.69, 9.17) is 5.11 Å². The zero-order valence-corrected chi connectivity index (χ0v) is 13.4. The molecule has 0 aromatic heterocycles. The second-order valence-electron chi connectivity index (χ2n) is 6.12. The molecule has 0 unspecified atom stereocenters. The third-order valence-corrected chi connectivity index (χ3v) is 3.47. The molecule has 0 spiro atoms. The number of carboxylic acid groups (broad SMARTS) is 1. The molecule has 1 rings (SSSR count). The molecule has 124 valence electrons. The Bertz CT molecular complexity index is 487. The molecule has 0 aliphatic carbocycles. The van der Waals surface area contributed by atoms with Crippen LogP contribution in [0, 0.1) is 0 Å². The van der Waals surface area contributed by atoms with Crippen LogP contribution in [0.2, 0.25) is 0 Å². The summed E-state index contributed by atoms with van der Waals surface area (Å²) in [6.07, 6.45) is 0.389. The van der Waals surface area contributed by atoms with Gasteiger partial charge < -0.3 is 15.3 Å². The van der Waals surface area contributed by atoms with E-state index >= 15 is 0 Å². The number of imide groups is 1. The maximum absolute atomic E-state index is 12.0. The first-order valence-corrected chi connectivity index (χ1v) is 7.21. The summed E-state index contributed by atoms with van der Waals surface area (Å²) in [5, 5.41) is 11.4. The molecule has 1 aliphatic rings. The van der Waals surface area contributed by atoms with E-state index < -0.39 is 17.5 Å². The summed E-state index contributed by atoms with van der Waals surface area (Å²) in [7, 11) is 0. The van der Waals surface area contributed by atoms with Crippen LogP contribution in [0.5, 0.6) is 0 Å². The highest BCUT2D eigenvalue weighted by atomic mass is 16.4. The first-order valence-electron chi connectivity index (χ1n) is 7.21. The fourth-order valence-corrected chi connectivity index (χ4v) is 2.26. The summed E-state index contributed by atoms with van der Waals surface area (Å²) in [5.41, 5.74) is -0.922. The van der Waals surface area contributed by atoms with Crippen LogP contribution in [-0.2, 0) is 14.4 Å². The van der Waals surface area contributed by atoms with Crippen LogP contribution in [0.3, 0.4) is 0 Å². The third kappa shape index (κ3) is 4.19. The zero-order chi connectivity index (χ0) is 17.1. The first kappa shape index (κ1) is 17.9. The van der Waals surface area contributed by atoms with E-state index in [0.717, 1.165) is 4.90 Å². The van der Waals surface area contributed by atoms with E-state index in [-0.39, 0.29) is 37.4 Å². The predicted octanol–water partition coefficient (Wildman–Crippen LogP) is 0.419. The molecule has 0 aromatic rings. The van der Waals surface area contributed by atoms with Crippen LogP contribution in [0.4, 0.5) is 4.79 Å². The number of urea groups is 1. The summed E-state index contributed by atoms with van der Waals surface area (Å²) in [6, 6.07) is -0.687. The molecular weight excluding hydrogens is 290 g/mol. The Balaban J connectivity index is 2.53. The zero-order valence-electron chi connectivity index (χ0n) is 13.4. The van der Waals surface area contributed by atoms with Crippen LogP contribution in [0.1, 0.15) is 40.5 Å². The molecule has 0 radical (unpaired) electrons. The van der Waals surface area contributed by atoms with Gasteiger partial charge in [-0.05, 0) is 34.1 Å². The van der Waals surface area contributed by atoms with Crippen molar-refractivity contribution in [2.45, 2.75) is 52.1 Å². The number of carbonyl (C=O) groups excluding carboxylic acids is 3. The highest BCUT2D eigenvalue weighted by molar-refractivity contribution is 6.06. The number of aliphatic carboxylic acids is 1. The fourth-order valence-electron chi connectivity index (χ4n) is 2.26. The molecule has 0 saturated carbocycles. The van der Waals surface area contributed by atoms with Crippen LogP contribution in [0.15, 0.2) is 0 Å². The fraction of sp³-hybridized carbons (Fsp3) is 0.714. The van der Waals surface area contributed by atoms with E-state index in [1.807, 2.05) is 0 Å². The van der Waals surface area contributed by atoms with Gasteiger partial charge in [-0.15, -0.1) is 0 Å². The molecule has 1 saturated heterocycles. The van der Waals surface area contributed by atoms with Crippen molar-refractivity contribution in [1.82, 2.24) is 15.1 Å². The first-order chi connectivity index (χ1) is 10.1. The van der Waals surface area contributed by atoms with E-state index in [1.165, 1.54) is 4.90 Å². The van der Waals surface area contributed by atoms with Crippen molar-refractivity contribution < 1.29 is 24.3 Å². The van der Waals surface area contributed by atoms with Gasteiger partial charge in [0.15, 0.2) is 0 Å². The average Bonchev–Trinajstić information content (AvgIpc) is 2.56. The Kier molecular flexibility index (Phi) is 5.51. The molecule has 2 N–H and O–H groups in total. The average molecular weight is 313 g/mol. The summed E-state index contributed by atoms with van der Waals surface area (Å²) in [4.78, 5) is 48.8. The maximum atomic E-state index is 12.0. The Hall–Kier alpha value is -2.12. The van der Waals surface area contributed by atoms with Crippen LogP contribution >= 0.6 is 0 Å². The summed E-state index contributed by atoms with van der Waals surface area (Å²) < 4.78 is 0. The van der Waals surface area contributed by atoms with Gasteiger partial charge in [0, 0.05) is 19.0 Å². The number of rotatable bonds is 7. The van der Waals surface area contributed by atoms with Crippen LogP contribution < -0.4 is 5.32 Å². The summed E-state index contributed by atoms with van der Waals surface area (Å²) in [6.45, 7) is 6.49. The van der Waals surface area contributed by atoms with Crippen molar-refractivity contribution >= 4 is 23.8 Å². The predicted molar refractivity (Wildman–Crippen MR) is 78.0 cm³/mol. The largest absolute Gasteiger partial charge is 0.480 e. The van der Waals surface area contributed by atoms with Crippen molar-refractivity contribution in [3.05, 3.63) is 0 Å². The molecule has 1 aliphatic heterocycles. The van der Waals surface area contributed by atoms with Gasteiger partial charge >= 0.3 is 12.0 Å². The normalized spacial score (nSPS) is 16.9. The molecule has 4 amide bonds. The number of carbonyl (C=O) groups is 4. The van der Waals surface area contributed by atoms with E-state index in [2.05, 4.69) is 5.32 Å². The minimum absolute atomic E-state index is 0.0863. The maximum Gasteiger partial charge on any atom is 0.325 e. The monoisotopic (exact) mass is 313 g/mol. The van der Waals surface area contributed by atoms with Gasteiger partial charge in [0.2, 0.25) is 5.91 Å². The number of nitrogens with zero attached hydrogens (tertiary/aromatic N) is 2. The van der Waals surface area contributed by atoms with Gasteiger partial charge in [0.05, 0.1) is 0 Å².